The Morgan fingerprint density at radius 1 is 1.26 bits per heavy atom. The third-order valence-electron chi connectivity index (χ3n) is 2.64. The van der Waals surface area contributed by atoms with Crippen molar-refractivity contribution in [1.29, 1.82) is 0 Å². The zero-order valence-corrected chi connectivity index (χ0v) is 11.1. The van der Waals surface area contributed by atoms with E-state index in [0.717, 1.165) is 4.47 Å². The van der Waals surface area contributed by atoms with Crippen LogP contribution in [0.1, 0.15) is 10.6 Å². The lowest BCUT2D eigenvalue weighted by atomic mass is 10.1. The summed E-state index contributed by atoms with van der Waals surface area (Å²) >= 11 is 3.37. The topological polar surface area (TPSA) is 81.8 Å². The number of fused-ring (bicyclic) bond motifs is 1. The maximum absolute atomic E-state index is 10.8. The number of carboxylic acids is 1. The molecule has 0 spiro atoms. The average molecular weight is 326 g/mol. The lowest BCUT2D eigenvalue weighted by molar-refractivity contribution is 0.0652. The van der Waals surface area contributed by atoms with E-state index >= 15 is 0 Å². The minimum absolute atomic E-state index is 0.219. The van der Waals surface area contributed by atoms with Crippen LogP contribution in [-0.4, -0.2) is 29.4 Å². The molecule has 0 atom stereocenters. The van der Waals surface area contributed by atoms with Crippen LogP contribution >= 0.6 is 15.9 Å². The van der Waals surface area contributed by atoms with Crippen molar-refractivity contribution in [3.8, 4) is 22.8 Å². The molecule has 3 rings (SSSR count). The minimum atomic E-state index is -1.16. The zero-order valence-electron chi connectivity index (χ0n) is 9.55. The van der Waals surface area contributed by atoms with Crippen LogP contribution in [0.4, 0.5) is 0 Å². The van der Waals surface area contributed by atoms with Crippen LogP contribution in [0.25, 0.3) is 11.3 Å². The molecule has 7 heteroatoms. The van der Waals surface area contributed by atoms with Crippen LogP contribution in [-0.2, 0) is 0 Å². The summed E-state index contributed by atoms with van der Waals surface area (Å²) in [6.45, 7) is 0.897. The van der Waals surface area contributed by atoms with Crippen LogP contribution in [0.5, 0.6) is 11.5 Å². The van der Waals surface area contributed by atoms with Crippen molar-refractivity contribution in [3.63, 3.8) is 0 Å². The quantitative estimate of drug-likeness (QED) is 0.913. The lowest BCUT2D eigenvalue weighted by Gasteiger charge is -2.21. The SMILES string of the molecule is O=C(O)c1cc(-c2ccc(Br)c3c2OCCO3)no1. The first-order valence-electron chi connectivity index (χ1n) is 5.45. The summed E-state index contributed by atoms with van der Waals surface area (Å²) in [5.74, 6) is -0.264. The Labute approximate surface area is 116 Å². The normalized spacial score (nSPS) is 13.3. The van der Waals surface area contributed by atoms with Crippen LogP contribution in [0.2, 0.25) is 0 Å². The van der Waals surface area contributed by atoms with Gasteiger partial charge in [-0.25, -0.2) is 4.79 Å². The van der Waals surface area contributed by atoms with Gasteiger partial charge in [-0.3, -0.25) is 0 Å². The van der Waals surface area contributed by atoms with Gasteiger partial charge >= 0.3 is 5.97 Å². The molecule has 0 bridgehead atoms. The average Bonchev–Trinajstić information content (AvgIpc) is 2.89. The molecule has 2 heterocycles. The van der Waals surface area contributed by atoms with E-state index in [1.165, 1.54) is 6.07 Å². The van der Waals surface area contributed by atoms with Crippen LogP contribution in [0, 0.1) is 0 Å². The largest absolute Gasteiger partial charge is 0.485 e. The summed E-state index contributed by atoms with van der Waals surface area (Å²) in [7, 11) is 0. The number of carboxylic acid groups (broad SMARTS) is 1. The van der Waals surface area contributed by atoms with E-state index in [1.807, 2.05) is 0 Å². The standard InChI is InChI=1S/C12H8BrNO5/c13-7-2-1-6(10-11(7)18-4-3-17-10)8-5-9(12(15)16)19-14-8/h1-2,5H,3-4H2,(H,15,16). The Hall–Kier alpha value is -2.02. The number of aromatic nitrogens is 1. The fraction of sp³-hybridized carbons (Fsp3) is 0.167. The highest BCUT2D eigenvalue weighted by Gasteiger charge is 2.23. The Balaban J connectivity index is 2.11. The van der Waals surface area contributed by atoms with Gasteiger partial charge in [0.25, 0.3) is 0 Å². The van der Waals surface area contributed by atoms with Gasteiger partial charge in [0.15, 0.2) is 11.5 Å². The highest BCUT2D eigenvalue weighted by atomic mass is 79.9. The predicted octanol–water partition coefficient (Wildman–Crippen LogP) is 2.57. The number of hydrogen-bond acceptors (Lipinski definition) is 5. The van der Waals surface area contributed by atoms with Crippen LogP contribution < -0.4 is 9.47 Å². The van der Waals surface area contributed by atoms with Crippen LogP contribution in [0.3, 0.4) is 0 Å². The highest BCUT2D eigenvalue weighted by molar-refractivity contribution is 9.10. The van der Waals surface area contributed by atoms with Crippen molar-refractivity contribution in [2.45, 2.75) is 0 Å². The molecule has 1 N–H and O–H groups in total. The smallest absolute Gasteiger partial charge is 0.374 e. The molecular formula is C12H8BrNO5. The highest BCUT2D eigenvalue weighted by Crippen LogP contribution is 2.44. The maximum atomic E-state index is 10.8. The van der Waals surface area contributed by atoms with Crippen molar-refractivity contribution in [3.05, 3.63) is 28.4 Å². The Bertz CT molecular complexity index is 652. The van der Waals surface area contributed by atoms with E-state index in [2.05, 4.69) is 21.1 Å². The molecule has 98 valence electrons. The molecule has 1 aromatic heterocycles. The van der Waals surface area contributed by atoms with Gasteiger partial charge in [-0.2, -0.15) is 0 Å². The maximum Gasteiger partial charge on any atom is 0.374 e. The third kappa shape index (κ3) is 2.06. The van der Waals surface area contributed by atoms with Crippen molar-refractivity contribution in [2.75, 3.05) is 13.2 Å². The first kappa shape index (κ1) is 12.0. The zero-order chi connectivity index (χ0) is 13.4. The van der Waals surface area contributed by atoms with Crippen molar-refractivity contribution in [1.82, 2.24) is 5.16 Å². The van der Waals surface area contributed by atoms with E-state index in [-0.39, 0.29) is 5.76 Å². The van der Waals surface area contributed by atoms with Gasteiger partial charge in [-0.05, 0) is 28.1 Å². The van der Waals surface area contributed by atoms with Gasteiger partial charge in [0, 0.05) is 11.6 Å². The number of aromatic carboxylic acids is 1. The minimum Gasteiger partial charge on any atom is -0.485 e. The molecule has 2 aromatic rings. The summed E-state index contributed by atoms with van der Waals surface area (Å²) in [4.78, 5) is 10.8. The number of halogens is 1. The molecule has 0 saturated carbocycles. The number of ether oxygens (including phenoxy) is 2. The van der Waals surface area contributed by atoms with Gasteiger partial charge in [0.05, 0.1) is 4.47 Å². The van der Waals surface area contributed by atoms with E-state index in [4.69, 9.17) is 19.1 Å². The first-order chi connectivity index (χ1) is 9.16. The Morgan fingerprint density at radius 3 is 2.68 bits per heavy atom. The molecule has 0 fully saturated rings. The molecule has 0 radical (unpaired) electrons. The number of rotatable bonds is 2. The second-order valence-electron chi connectivity index (χ2n) is 3.83. The van der Waals surface area contributed by atoms with Gasteiger partial charge in [-0.1, -0.05) is 5.16 Å². The molecule has 1 aliphatic rings. The molecule has 19 heavy (non-hydrogen) atoms. The molecule has 0 aliphatic carbocycles. The number of benzene rings is 1. The third-order valence-corrected chi connectivity index (χ3v) is 3.26. The Kier molecular flexibility index (Phi) is 2.90. The van der Waals surface area contributed by atoms with E-state index in [0.29, 0.717) is 36.0 Å². The second-order valence-corrected chi connectivity index (χ2v) is 4.69. The molecule has 0 saturated heterocycles. The summed E-state index contributed by atoms with van der Waals surface area (Å²) in [5, 5.41) is 12.6. The van der Waals surface area contributed by atoms with E-state index in [1.54, 1.807) is 12.1 Å². The molecule has 0 amide bonds. The van der Waals surface area contributed by atoms with Crippen molar-refractivity contribution in [2.24, 2.45) is 0 Å². The van der Waals surface area contributed by atoms with E-state index < -0.39 is 5.97 Å². The number of nitrogens with zero attached hydrogens (tertiary/aromatic N) is 1. The van der Waals surface area contributed by atoms with Crippen LogP contribution in [0.15, 0.2) is 27.2 Å². The summed E-state index contributed by atoms with van der Waals surface area (Å²) in [6, 6.07) is 4.91. The summed E-state index contributed by atoms with van der Waals surface area (Å²) in [6.07, 6.45) is 0. The second kappa shape index (κ2) is 4.58. The predicted molar refractivity (Wildman–Crippen MR) is 67.6 cm³/mol. The molecule has 6 nitrogen and oxygen atoms in total. The summed E-state index contributed by atoms with van der Waals surface area (Å²) < 4.78 is 16.6. The van der Waals surface area contributed by atoms with Gasteiger partial charge in [0.2, 0.25) is 5.76 Å². The molecule has 1 aliphatic heterocycles. The molecule has 1 aromatic carbocycles. The fourth-order valence-electron chi connectivity index (χ4n) is 1.81. The van der Waals surface area contributed by atoms with Crippen molar-refractivity contribution >= 4 is 21.9 Å². The van der Waals surface area contributed by atoms with E-state index in [9.17, 15) is 4.79 Å². The molecular weight excluding hydrogens is 318 g/mol. The molecule has 0 unspecified atom stereocenters. The fourth-order valence-corrected chi connectivity index (χ4v) is 2.24. The van der Waals surface area contributed by atoms with Gasteiger partial charge in [-0.15, -0.1) is 0 Å². The van der Waals surface area contributed by atoms with Gasteiger partial charge in [0.1, 0.15) is 18.9 Å². The first-order valence-corrected chi connectivity index (χ1v) is 6.24. The van der Waals surface area contributed by atoms with Crippen molar-refractivity contribution < 1.29 is 23.9 Å². The Morgan fingerprint density at radius 2 is 2.00 bits per heavy atom. The number of hydrogen-bond donors (Lipinski definition) is 1. The lowest BCUT2D eigenvalue weighted by Crippen LogP contribution is -2.16. The monoisotopic (exact) mass is 325 g/mol. The summed E-state index contributed by atoms with van der Waals surface area (Å²) in [5.41, 5.74) is 1.03. The number of carbonyl (C=O) groups is 1. The van der Waals surface area contributed by atoms with Gasteiger partial charge < -0.3 is 19.1 Å².